The molecular weight excluding hydrogens is 258 g/mol. The summed E-state index contributed by atoms with van der Waals surface area (Å²) in [4.78, 5) is 9.70. The van der Waals surface area contributed by atoms with E-state index in [0.717, 1.165) is 24.5 Å². The van der Waals surface area contributed by atoms with E-state index < -0.39 is 0 Å². The first-order chi connectivity index (χ1) is 10.1. The number of rotatable bonds is 2. The lowest BCUT2D eigenvalue weighted by Gasteiger charge is -2.20. The van der Waals surface area contributed by atoms with Crippen LogP contribution in [0.3, 0.4) is 0 Å². The maximum atomic E-state index is 4.89. The summed E-state index contributed by atoms with van der Waals surface area (Å²) < 4.78 is 0. The van der Waals surface area contributed by atoms with Crippen LogP contribution in [0.1, 0.15) is 40.8 Å². The molecule has 0 fully saturated rings. The van der Waals surface area contributed by atoms with E-state index in [1.165, 1.54) is 46.4 Å². The van der Waals surface area contributed by atoms with Crippen molar-refractivity contribution in [1.82, 2.24) is 9.97 Å². The summed E-state index contributed by atoms with van der Waals surface area (Å²) in [7, 11) is 1.95. The summed E-state index contributed by atoms with van der Waals surface area (Å²) in [6.45, 7) is 6.44. The normalized spacial score (nSPS) is 13.9. The van der Waals surface area contributed by atoms with Crippen molar-refractivity contribution in [3.63, 3.8) is 0 Å². The van der Waals surface area contributed by atoms with Gasteiger partial charge >= 0.3 is 0 Å². The second-order valence-electron chi connectivity index (χ2n) is 6.05. The van der Waals surface area contributed by atoms with Crippen LogP contribution in [0, 0.1) is 20.8 Å². The number of nitrogens with one attached hydrogen (secondary N) is 1. The molecule has 3 nitrogen and oxygen atoms in total. The van der Waals surface area contributed by atoms with Gasteiger partial charge in [0.1, 0.15) is 5.82 Å². The molecule has 0 amide bonds. The zero-order valence-electron chi connectivity index (χ0n) is 13.4. The number of nitrogens with zero attached hydrogens (tertiary/aromatic N) is 2. The van der Waals surface area contributed by atoms with Gasteiger partial charge in [-0.05, 0) is 57.6 Å². The molecule has 0 saturated carbocycles. The van der Waals surface area contributed by atoms with Crippen LogP contribution in [-0.2, 0) is 12.8 Å². The van der Waals surface area contributed by atoms with Crippen LogP contribution >= 0.6 is 0 Å². The van der Waals surface area contributed by atoms with E-state index in [4.69, 9.17) is 9.97 Å². The molecule has 0 radical (unpaired) electrons. The SMILES string of the molecule is CNc1nc(-c2c(C)cc(C)cc2C)nc2c1CCCC2. The van der Waals surface area contributed by atoms with Gasteiger partial charge in [-0.25, -0.2) is 9.97 Å². The molecule has 110 valence electrons. The van der Waals surface area contributed by atoms with E-state index >= 15 is 0 Å². The molecule has 0 aliphatic heterocycles. The number of anilines is 1. The highest BCUT2D eigenvalue weighted by atomic mass is 15.0. The zero-order chi connectivity index (χ0) is 15.0. The molecule has 1 aromatic carbocycles. The van der Waals surface area contributed by atoms with Gasteiger partial charge in [-0.15, -0.1) is 0 Å². The van der Waals surface area contributed by atoms with E-state index in [1.54, 1.807) is 0 Å². The monoisotopic (exact) mass is 281 g/mol. The van der Waals surface area contributed by atoms with E-state index in [2.05, 4.69) is 38.2 Å². The molecule has 1 aliphatic carbocycles. The van der Waals surface area contributed by atoms with Crippen LogP contribution in [0.5, 0.6) is 0 Å². The number of fused-ring (bicyclic) bond motifs is 1. The lowest BCUT2D eigenvalue weighted by molar-refractivity contribution is 0.665. The first-order valence-corrected chi connectivity index (χ1v) is 7.76. The van der Waals surface area contributed by atoms with Crippen molar-refractivity contribution in [1.29, 1.82) is 0 Å². The van der Waals surface area contributed by atoms with Crippen molar-refractivity contribution in [3.05, 3.63) is 40.1 Å². The van der Waals surface area contributed by atoms with Crippen molar-refractivity contribution < 1.29 is 0 Å². The standard InChI is InChI=1S/C18H23N3/c1-11-9-12(2)16(13(3)10-11)18-20-15-8-6-5-7-14(15)17(19-4)21-18/h9-10H,5-8H2,1-4H3,(H,19,20,21). The third-order valence-corrected chi connectivity index (χ3v) is 4.32. The molecule has 1 N–H and O–H groups in total. The Kier molecular flexibility index (Phi) is 3.66. The number of hydrogen-bond acceptors (Lipinski definition) is 3. The van der Waals surface area contributed by atoms with E-state index in [0.29, 0.717) is 0 Å². The van der Waals surface area contributed by atoms with E-state index in [1.807, 2.05) is 7.05 Å². The van der Waals surface area contributed by atoms with Gasteiger partial charge in [0.05, 0.1) is 0 Å². The van der Waals surface area contributed by atoms with Crippen LogP contribution in [0.2, 0.25) is 0 Å². The van der Waals surface area contributed by atoms with E-state index in [-0.39, 0.29) is 0 Å². The number of benzene rings is 1. The van der Waals surface area contributed by atoms with Crippen molar-refractivity contribution in [2.45, 2.75) is 46.5 Å². The Morgan fingerprint density at radius 3 is 2.29 bits per heavy atom. The Morgan fingerprint density at radius 1 is 0.952 bits per heavy atom. The Labute approximate surface area is 126 Å². The molecular formula is C18H23N3. The minimum absolute atomic E-state index is 0.870. The van der Waals surface area contributed by atoms with Gasteiger partial charge in [-0.2, -0.15) is 0 Å². The average Bonchev–Trinajstić information content (AvgIpc) is 2.45. The minimum atomic E-state index is 0.870. The quantitative estimate of drug-likeness (QED) is 0.904. The number of aryl methyl sites for hydroxylation is 4. The molecule has 3 heteroatoms. The van der Waals surface area contributed by atoms with E-state index in [9.17, 15) is 0 Å². The second kappa shape index (κ2) is 5.47. The van der Waals surface area contributed by atoms with Gasteiger partial charge in [0, 0.05) is 23.9 Å². The Bertz CT molecular complexity index is 649. The molecule has 1 heterocycles. The van der Waals surface area contributed by atoms with Crippen LogP contribution in [-0.4, -0.2) is 17.0 Å². The van der Waals surface area contributed by atoms with Crippen LogP contribution in [0.4, 0.5) is 5.82 Å². The summed E-state index contributed by atoms with van der Waals surface area (Å²) in [6, 6.07) is 4.42. The number of aromatic nitrogens is 2. The van der Waals surface area contributed by atoms with Crippen molar-refractivity contribution in [2.75, 3.05) is 12.4 Å². The highest BCUT2D eigenvalue weighted by molar-refractivity contribution is 5.67. The highest BCUT2D eigenvalue weighted by Crippen LogP contribution is 2.31. The Balaban J connectivity index is 2.20. The Hall–Kier alpha value is -1.90. The van der Waals surface area contributed by atoms with Crippen molar-refractivity contribution in [3.8, 4) is 11.4 Å². The smallest absolute Gasteiger partial charge is 0.162 e. The fourth-order valence-corrected chi connectivity index (χ4v) is 3.45. The molecule has 2 aromatic rings. The first-order valence-electron chi connectivity index (χ1n) is 7.76. The lowest BCUT2D eigenvalue weighted by atomic mass is 9.95. The fraction of sp³-hybridized carbons (Fsp3) is 0.444. The molecule has 1 aromatic heterocycles. The summed E-state index contributed by atoms with van der Waals surface area (Å²) in [6.07, 6.45) is 4.65. The van der Waals surface area contributed by atoms with Gasteiger partial charge in [0.2, 0.25) is 0 Å². The van der Waals surface area contributed by atoms with Gasteiger partial charge in [0.15, 0.2) is 5.82 Å². The van der Waals surface area contributed by atoms with Gasteiger partial charge in [-0.1, -0.05) is 17.7 Å². The number of hydrogen-bond donors (Lipinski definition) is 1. The predicted octanol–water partition coefficient (Wildman–Crippen LogP) is 3.99. The summed E-state index contributed by atoms with van der Waals surface area (Å²) >= 11 is 0. The highest BCUT2D eigenvalue weighted by Gasteiger charge is 2.19. The van der Waals surface area contributed by atoms with Crippen LogP contribution in [0.15, 0.2) is 12.1 Å². The van der Waals surface area contributed by atoms with Crippen molar-refractivity contribution in [2.24, 2.45) is 0 Å². The third kappa shape index (κ3) is 2.53. The predicted molar refractivity (Wildman–Crippen MR) is 87.9 cm³/mol. The zero-order valence-corrected chi connectivity index (χ0v) is 13.4. The molecule has 0 spiro atoms. The third-order valence-electron chi connectivity index (χ3n) is 4.32. The molecule has 3 rings (SSSR count). The summed E-state index contributed by atoms with van der Waals surface area (Å²) in [5.41, 5.74) is 7.53. The summed E-state index contributed by atoms with van der Waals surface area (Å²) in [5, 5.41) is 3.26. The van der Waals surface area contributed by atoms with Crippen molar-refractivity contribution >= 4 is 5.82 Å². The Morgan fingerprint density at radius 2 is 1.62 bits per heavy atom. The maximum Gasteiger partial charge on any atom is 0.162 e. The fourth-order valence-electron chi connectivity index (χ4n) is 3.45. The van der Waals surface area contributed by atoms with Crippen LogP contribution in [0.25, 0.3) is 11.4 Å². The molecule has 21 heavy (non-hydrogen) atoms. The topological polar surface area (TPSA) is 37.8 Å². The second-order valence-corrected chi connectivity index (χ2v) is 6.05. The molecule has 1 aliphatic rings. The molecule has 0 atom stereocenters. The maximum absolute atomic E-state index is 4.89. The lowest BCUT2D eigenvalue weighted by Crippen LogP contribution is -2.12. The van der Waals surface area contributed by atoms with Gasteiger partial charge < -0.3 is 5.32 Å². The molecule has 0 saturated heterocycles. The largest absolute Gasteiger partial charge is 0.373 e. The van der Waals surface area contributed by atoms with Crippen LogP contribution < -0.4 is 5.32 Å². The van der Waals surface area contributed by atoms with Gasteiger partial charge in [0.25, 0.3) is 0 Å². The molecule has 0 unspecified atom stereocenters. The molecule has 0 bridgehead atoms. The first kappa shape index (κ1) is 14.1. The summed E-state index contributed by atoms with van der Waals surface area (Å²) in [5.74, 6) is 1.88. The minimum Gasteiger partial charge on any atom is -0.373 e. The average molecular weight is 281 g/mol. The van der Waals surface area contributed by atoms with Gasteiger partial charge in [-0.3, -0.25) is 0 Å².